The molecule has 1 amide bonds. The lowest BCUT2D eigenvalue weighted by atomic mass is 10.1. The summed E-state index contributed by atoms with van der Waals surface area (Å²) in [5.41, 5.74) is 1.62. The summed E-state index contributed by atoms with van der Waals surface area (Å²) in [5.74, 6) is -1.18. The van der Waals surface area contributed by atoms with Crippen LogP contribution in [0, 0.1) is 0 Å². The predicted molar refractivity (Wildman–Crippen MR) is 90.3 cm³/mol. The topological polar surface area (TPSA) is 80.6 Å². The summed E-state index contributed by atoms with van der Waals surface area (Å²) in [6.07, 6.45) is 2.11. The number of para-hydroxylation sites is 1. The van der Waals surface area contributed by atoms with Crippen molar-refractivity contribution < 1.29 is 19.4 Å². The van der Waals surface area contributed by atoms with Gasteiger partial charge in [0.25, 0.3) is 0 Å². The highest BCUT2D eigenvalue weighted by atomic mass is 16.5. The second-order valence-electron chi connectivity index (χ2n) is 6.01. The molecule has 128 valence electrons. The Balaban J connectivity index is 1.86. The normalized spacial score (nSPS) is 17.3. The van der Waals surface area contributed by atoms with E-state index in [1.165, 1.54) is 0 Å². The number of fused-ring (bicyclic) bond motifs is 1. The van der Waals surface area contributed by atoms with E-state index < -0.39 is 5.97 Å². The van der Waals surface area contributed by atoms with Crippen molar-refractivity contribution in [3.63, 3.8) is 0 Å². The fourth-order valence-corrected chi connectivity index (χ4v) is 3.38. The number of carboxylic acid groups (broad SMARTS) is 1. The van der Waals surface area contributed by atoms with Gasteiger partial charge in [-0.05, 0) is 25.8 Å². The van der Waals surface area contributed by atoms with Crippen LogP contribution in [0.4, 0.5) is 0 Å². The number of aromatic carboxylic acids is 1. The average molecular weight is 330 g/mol. The van der Waals surface area contributed by atoms with Crippen molar-refractivity contribution in [2.75, 3.05) is 13.2 Å². The predicted octanol–water partition coefficient (Wildman–Crippen LogP) is 2.20. The number of ether oxygens (including phenoxy) is 1. The number of aryl methyl sites for hydroxylation is 1. The second kappa shape index (κ2) is 7.05. The first-order valence-corrected chi connectivity index (χ1v) is 8.33. The van der Waals surface area contributed by atoms with E-state index in [2.05, 4.69) is 5.32 Å². The number of hydrogen-bond donors (Lipinski definition) is 2. The van der Waals surface area contributed by atoms with Gasteiger partial charge in [0.2, 0.25) is 5.91 Å². The molecule has 1 aliphatic rings. The van der Waals surface area contributed by atoms with E-state index in [4.69, 9.17) is 4.74 Å². The molecule has 1 atom stereocenters. The molecule has 3 rings (SSSR count). The lowest BCUT2D eigenvalue weighted by Gasteiger charge is -2.11. The van der Waals surface area contributed by atoms with Gasteiger partial charge in [-0.1, -0.05) is 18.2 Å². The zero-order valence-electron chi connectivity index (χ0n) is 13.7. The molecule has 2 N–H and O–H groups in total. The smallest absolute Gasteiger partial charge is 0.352 e. The Hall–Kier alpha value is -2.34. The Morgan fingerprint density at radius 1 is 1.38 bits per heavy atom. The van der Waals surface area contributed by atoms with Gasteiger partial charge in [-0.15, -0.1) is 0 Å². The summed E-state index contributed by atoms with van der Waals surface area (Å²) >= 11 is 0. The molecule has 1 aliphatic heterocycles. The molecule has 6 nitrogen and oxygen atoms in total. The van der Waals surface area contributed by atoms with Gasteiger partial charge in [0.05, 0.1) is 12.5 Å². The van der Waals surface area contributed by atoms with Crippen molar-refractivity contribution in [1.82, 2.24) is 9.88 Å². The highest BCUT2D eigenvalue weighted by Crippen LogP contribution is 2.27. The number of carbonyl (C=O) groups excluding carboxylic acids is 1. The number of rotatable bonds is 6. The average Bonchev–Trinajstić information content (AvgIpc) is 3.19. The van der Waals surface area contributed by atoms with Crippen LogP contribution in [0.2, 0.25) is 0 Å². The van der Waals surface area contributed by atoms with Gasteiger partial charge in [0, 0.05) is 36.2 Å². The van der Waals surface area contributed by atoms with E-state index >= 15 is 0 Å². The molecule has 0 aliphatic carbocycles. The van der Waals surface area contributed by atoms with Crippen LogP contribution in [0.3, 0.4) is 0 Å². The number of hydrogen-bond acceptors (Lipinski definition) is 3. The Morgan fingerprint density at radius 2 is 2.17 bits per heavy atom. The highest BCUT2D eigenvalue weighted by molar-refractivity contribution is 6.00. The van der Waals surface area contributed by atoms with Crippen LogP contribution in [-0.4, -0.2) is 40.8 Å². The monoisotopic (exact) mass is 330 g/mol. The lowest BCUT2D eigenvalue weighted by Crippen LogP contribution is -2.33. The zero-order valence-corrected chi connectivity index (χ0v) is 13.7. The van der Waals surface area contributed by atoms with Gasteiger partial charge in [-0.3, -0.25) is 4.79 Å². The van der Waals surface area contributed by atoms with Crippen molar-refractivity contribution in [2.24, 2.45) is 0 Å². The zero-order chi connectivity index (χ0) is 17.1. The molecule has 1 unspecified atom stereocenters. The summed E-state index contributed by atoms with van der Waals surface area (Å²) in [6.45, 7) is 3.67. The molecular weight excluding hydrogens is 308 g/mol. The quantitative estimate of drug-likeness (QED) is 0.851. The maximum atomic E-state index is 12.3. The van der Waals surface area contributed by atoms with Crippen molar-refractivity contribution in [1.29, 1.82) is 0 Å². The molecule has 0 spiro atoms. The molecule has 0 saturated carbocycles. The maximum absolute atomic E-state index is 12.3. The van der Waals surface area contributed by atoms with Crippen LogP contribution in [0.5, 0.6) is 0 Å². The van der Waals surface area contributed by atoms with Gasteiger partial charge in [-0.25, -0.2) is 4.79 Å². The Morgan fingerprint density at radius 3 is 2.83 bits per heavy atom. The summed E-state index contributed by atoms with van der Waals surface area (Å²) < 4.78 is 7.24. The Labute approximate surface area is 140 Å². The maximum Gasteiger partial charge on any atom is 0.352 e. The summed E-state index contributed by atoms with van der Waals surface area (Å²) in [6, 6.07) is 7.50. The van der Waals surface area contributed by atoms with E-state index in [-0.39, 0.29) is 24.1 Å². The first-order chi connectivity index (χ1) is 11.6. The minimum absolute atomic E-state index is 0.0574. The van der Waals surface area contributed by atoms with Crippen molar-refractivity contribution in [2.45, 2.75) is 38.8 Å². The van der Waals surface area contributed by atoms with E-state index in [0.717, 1.165) is 30.4 Å². The third kappa shape index (κ3) is 3.14. The molecule has 0 radical (unpaired) electrons. The Kier molecular flexibility index (Phi) is 4.85. The second-order valence-corrected chi connectivity index (χ2v) is 6.01. The first kappa shape index (κ1) is 16.5. The SMILES string of the molecule is CCn1c(C(=O)O)c(CC(=O)NCC2CCCO2)c2ccccc21. The highest BCUT2D eigenvalue weighted by Gasteiger charge is 2.23. The van der Waals surface area contributed by atoms with Gasteiger partial charge < -0.3 is 19.7 Å². The van der Waals surface area contributed by atoms with E-state index in [9.17, 15) is 14.7 Å². The third-order valence-electron chi connectivity index (χ3n) is 4.48. The third-order valence-corrected chi connectivity index (χ3v) is 4.48. The largest absolute Gasteiger partial charge is 0.477 e. The van der Waals surface area contributed by atoms with Crippen LogP contribution in [-0.2, 0) is 22.5 Å². The van der Waals surface area contributed by atoms with E-state index in [1.807, 2.05) is 31.2 Å². The summed E-state index contributed by atoms with van der Waals surface area (Å²) in [4.78, 5) is 24.1. The molecule has 1 aromatic heterocycles. The first-order valence-electron chi connectivity index (χ1n) is 8.33. The van der Waals surface area contributed by atoms with Crippen LogP contribution >= 0.6 is 0 Å². The summed E-state index contributed by atoms with van der Waals surface area (Å²) in [5, 5.41) is 13.3. The molecular formula is C18H22N2O4. The van der Waals surface area contributed by atoms with Crippen molar-refractivity contribution >= 4 is 22.8 Å². The van der Waals surface area contributed by atoms with Crippen molar-refractivity contribution in [3.05, 3.63) is 35.5 Å². The number of nitrogens with one attached hydrogen (secondary N) is 1. The minimum Gasteiger partial charge on any atom is -0.477 e. The molecule has 2 aromatic rings. The van der Waals surface area contributed by atoms with Gasteiger partial charge in [-0.2, -0.15) is 0 Å². The van der Waals surface area contributed by atoms with E-state index in [1.54, 1.807) is 4.57 Å². The number of carboxylic acids is 1. The fourth-order valence-electron chi connectivity index (χ4n) is 3.38. The number of amides is 1. The van der Waals surface area contributed by atoms with Crippen LogP contribution < -0.4 is 5.32 Å². The standard InChI is InChI=1S/C18H22N2O4/c1-2-20-15-8-4-3-7-13(15)14(17(20)18(22)23)10-16(21)19-11-12-6-5-9-24-12/h3-4,7-8,12H,2,5-6,9-11H2,1H3,(H,19,21)(H,22,23). The molecule has 0 bridgehead atoms. The van der Waals surface area contributed by atoms with Gasteiger partial charge >= 0.3 is 5.97 Å². The molecule has 2 heterocycles. The molecule has 1 fully saturated rings. The van der Waals surface area contributed by atoms with Gasteiger partial charge in [0.1, 0.15) is 5.69 Å². The fraction of sp³-hybridized carbons (Fsp3) is 0.444. The van der Waals surface area contributed by atoms with Crippen LogP contribution in [0.15, 0.2) is 24.3 Å². The molecule has 6 heteroatoms. The van der Waals surface area contributed by atoms with Crippen LogP contribution in [0.1, 0.15) is 35.8 Å². The van der Waals surface area contributed by atoms with Gasteiger partial charge in [0.15, 0.2) is 0 Å². The lowest BCUT2D eigenvalue weighted by molar-refractivity contribution is -0.120. The summed E-state index contributed by atoms with van der Waals surface area (Å²) in [7, 11) is 0. The van der Waals surface area contributed by atoms with Crippen LogP contribution in [0.25, 0.3) is 10.9 Å². The molecule has 1 saturated heterocycles. The number of benzene rings is 1. The number of carbonyl (C=O) groups is 2. The number of aromatic nitrogens is 1. The number of nitrogens with zero attached hydrogens (tertiary/aromatic N) is 1. The molecule has 1 aromatic carbocycles. The van der Waals surface area contributed by atoms with Crippen molar-refractivity contribution in [3.8, 4) is 0 Å². The minimum atomic E-state index is -1.00. The molecule has 24 heavy (non-hydrogen) atoms. The Bertz CT molecular complexity index is 760. The van der Waals surface area contributed by atoms with E-state index in [0.29, 0.717) is 18.7 Å².